The van der Waals surface area contributed by atoms with Gasteiger partial charge < -0.3 is 9.84 Å². The first-order valence-electron chi connectivity index (χ1n) is 4.46. The van der Waals surface area contributed by atoms with E-state index in [1.54, 1.807) is 6.07 Å². The van der Waals surface area contributed by atoms with E-state index in [1.165, 1.54) is 19.2 Å². The fourth-order valence-electron chi connectivity index (χ4n) is 1.09. The number of methoxy groups -OCH3 is 1. The molecule has 0 spiro atoms. The lowest BCUT2D eigenvalue weighted by molar-refractivity contribution is 0.0697. The third-order valence-corrected chi connectivity index (χ3v) is 3.55. The van der Waals surface area contributed by atoms with E-state index in [2.05, 4.69) is 0 Å². The summed E-state index contributed by atoms with van der Waals surface area (Å²) in [5, 5.41) is 8.98. The van der Waals surface area contributed by atoms with Crippen LogP contribution >= 0.6 is 11.6 Å². The van der Waals surface area contributed by atoms with E-state index >= 15 is 0 Å². The van der Waals surface area contributed by atoms with Gasteiger partial charge in [0.25, 0.3) is 0 Å². The Morgan fingerprint density at radius 3 is 2.81 bits per heavy atom. The Bertz CT molecular complexity index is 419. The number of rotatable bonds is 5. The number of halogens is 1. The van der Waals surface area contributed by atoms with Crippen LogP contribution in [0.25, 0.3) is 0 Å². The van der Waals surface area contributed by atoms with Crippen LogP contribution < -0.4 is 0 Å². The maximum absolute atomic E-state index is 11.7. The Labute approximate surface area is 101 Å². The van der Waals surface area contributed by atoms with Crippen LogP contribution in [0.2, 0.25) is 5.02 Å². The van der Waals surface area contributed by atoms with Crippen LogP contribution in [0.5, 0.6) is 0 Å². The minimum Gasteiger partial charge on any atom is -0.478 e. The van der Waals surface area contributed by atoms with E-state index in [0.717, 1.165) is 0 Å². The number of hydrogen-bond acceptors (Lipinski definition) is 3. The van der Waals surface area contributed by atoms with Crippen LogP contribution in [0.1, 0.15) is 10.4 Å². The molecule has 0 heterocycles. The largest absolute Gasteiger partial charge is 0.478 e. The topological polar surface area (TPSA) is 63.6 Å². The number of carboxylic acid groups (broad SMARTS) is 1. The summed E-state index contributed by atoms with van der Waals surface area (Å²) >= 11 is 5.70. The van der Waals surface area contributed by atoms with Crippen LogP contribution in [0, 0.1) is 0 Å². The second kappa shape index (κ2) is 5.98. The van der Waals surface area contributed by atoms with E-state index in [9.17, 15) is 9.00 Å². The molecule has 0 amide bonds. The molecule has 1 aromatic rings. The Balaban J connectivity index is 2.94. The van der Waals surface area contributed by atoms with Gasteiger partial charge in [-0.05, 0) is 18.2 Å². The molecule has 1 aromatic carbocycles. The molecule has 1 unspecified atom stereocenters. The number of benzene rings is 1. The lowest BCUT2D eigenvalue weighted by Gasteiger charge is -2.04. The highest BCUT2D eigenvalue weighted by molar-refractivity contribution is 7.85. The van der Waals surface area contributed by atoms with E-state index in [1.807, 2.05) is 0 Å². The maximum Gasteiger partial charge on any atom is 0.337 e. The molecule has 0 saturated heterocycles. The molecule has 0 aliphatic rings. The van der Waals surface area contributed by atoms with E-state index in [-0.39, 0.29) is 10.6 Å². The Kier molecular flexibility index (Phi) is 4.92. The van der Waals surface area contributed by atoms with Gasteiger partial charge in [-0.2, -0.15) is 0 Å². The molecule has 16 heavy (non-hydrogen) atoms. The molecule has 0 fully saturated rings. The minimum atomic E-state index is -1.27. The van der Waals surface area contributed by atoms with E-state index in [0.29, 0.717) is 17.3 Å². The Morgan fingerprint density at radius 1 is 1.56 bits per heavy atom. The summed E-state index contributed by atoms with van der Waals surface area (Å²) in [4.78, 5) is 11.2. The fraction of sp³-hybridized carbons (Fsp3) is 0.300. The number of hydrogen-bond donors (Lipinski definition) is 1. The first kappa shape index (κ1) is 13.2. The van der Waals surface area contributed by atoms with Crippen LogP contribution in [-0.4, -0.2) is 34.8 Å². The zero-order valence-corrected chi connectivity index (χ0v) is 10.2. The van der Waals surface area contributed by atoms with Crippen molar-refractivity contribution in [2.45, 2.75) is 4.90 Å². The highest BCUT2D eigenvalue weighted by atomic mass is 35.5. The molecule has 0 aromatic heterocycles. The van der Waals surface area contributed by atoms with Crippen molar-refractivity contribution < 1.29 is 18.8 Å². The second-order valence-corrected chi connectivity index (χ2v) is 4.97. The Morgan fingerprint density at radius 2 is 2.25 bits per heavy atom. The van der Waals surface area contributed by atoms with Crippen LogP contribution in [-0.2, 0) is 15.5 Å². The smallest absolute Gasteiger partial charge is 0.337 e. The van der Waals surface area contributed by atoms with Crippen molar-refractivity contribution in [3.63, 3.8) is 0 Å². The molecule has 1 atom stereocenters. The molecule has 0 bridgehead atoms. The van der Waals surface area contributed by atoms with Crippen molar-refractivity contribution in [1.29, 1.82) is 0 Å². The first-order chi connectivity index (χ1) is 7.56. The van der Waals surface area contributed by atoms with Gasteiger partial charge in [-0.1, -0.05) is 11.6 Å². The first-order valence-corrected chi connectivity index (χ1v) is 6.16. The molecular weight excluding hydrogens is 252 g/mol. The molecular formula is C10H11ClO4S. The van der Waals surface area contributed by atoms with Crippen LogP contribution in [0.4, 0.5) is 0 Å². The lowest BCUT2D eigenvalue weighted by Crippen LogP contribution is -2.06. The minimum absolute atomic E-state index is 0.0371. The zero-order chi connectivity index (χ0) is 12.1. The third kappa shape index (κ3) is 3.30. The van der Waals surface area contributed by atoms with Crippen molar-refractivity contribution in [2.24, 2.45) is 0 Å². The molecule has 88 valence electrons. The average molecular weight is 263 g/mol. The van der Waals surface area contributed by atoms with Gasteiger partial charge >= 0.3 is 5.97 Å². The molecule has 1 N–H and O–H groups in total. The Hall–Kier alpha value is -0.910. The molecule has 0 aliphatic carbocycles. The van der Waals surface area contributed by atoms with Gasteiger partial charge in [-0.25, -0.2) is 4.79 Å². The van der Waals surface area contributed by atoms with Gasteiger partial charge in [-0.3, -0.25) is 4.21 Å². The maximum atomic E-state index is 11.7. The standard InChI is InChI=1S/C10H11ClO4S/c1-15-4-5-16(14)7-2-3-9(11)8(6-7)10(12)13/h2-3,6H,4-5H2,1H3,(H,12,13). The summed E-state index contributed by atoms with van der Waals surface area (Å²) in [6.45, 7) is 0.359. The molecule has 6 heteroatoms. The summed E-state index contributed by atoms with van der Waals surface area (Å²) in [5.41, 5.74) is -0.0371. The summed E-state index contributed by atoms with van der Waals surface area (Å²) in [6.07, 6.45) is 0. The predicted octanol–water partition coefficient (Wildman–Crippen LogP) is 1.79. The average Bonchev–Trinajstić information content (AvgIpc) is 2.26. The number of aromatic carboxylic acids is 1. The van der Waals surface area contributed by atoms with Gasteiger partial charge in [0.2, 0.25) is 0 Å². The highest BCUT2D eigenvalue weighted by Gasteiger charge is 2.12. The second-order valence-electron chi connectivity index (χ2n) is 2.99. The van der Waals surface area contributed by atoms with Gasteiger partial charge in [-0.15, -0.1) is 0 Å². The summed E-state index contributed by atoms with van der Waals surface area (Å²) in [5.74, 6) is -0.799. The number of carboxylic acids is 1. The molecule has 1 rings (SSSR count). The van der Waals surface area contributed by atoms with Crippen molar-refractivity contribution >= 4 is 28.4 Å². The third-order valence-electron chi connectivity index (χ3n) is 1.90. The molecule has 0 aliphatic heterocycles. The van der Waals surface area contributed by atoms with Crippen LogP contribution in [0.3, 0.4) is 0 Å². The quantitative estimate of drug-likeness (QED) is 0.879. The fourth-order valence-corrected chi connectivity index (χ4v) is 2.31. The van der Waals surface area contributed by atoms with Gasteiger partial charge in [0, 0.05) is 12.0 Å². The van der Waals surface area contributed by atoms with Gasteiger partial charge in [0.1, 0.15) is 0 Å². The van der Waals surface area contributed by atoms with Gasteiger partial charge in [0.15, 0.2) is 0 Å². The van der Waals surface area contributed by atoms with Crippen LogP contribution in [0.15, 0.2) is 23.1 Å². The number of ether oxygens (including phenoxy) is 1. The summed E-state index contributed by atoms with van der Waals surface area (Å²) in [7, 11) is 0.250. The van der Waals surface area contributed by atoms with E-state index in [4.69, 9.17) is 21.4 Å². The predicted molar refractivity (Wildman–Crippen MR) is 61.6 cm³/mol. The number of carbonyl (C=O) groups is 1. The molecule has 0 saturated carbocycles. The SMILES string of the molecule is COCCS(=O)c1ccc(Cl)c(C(=O)O)c1. The van der Waals surface area contributed by atoms with Crippen molar-refractivity contribution in [3.8, 4) is 0 Å². The van der Waals surface area contributed by atoms with Crippen molar-refractivity contribution in [3.05, 3.63) is 28.8 Å². The zero-order valence-electron chi connectivity index (χ0n) is 8.60. The summed E-state index contributed by atoms with van der Waals surface area (Å²) < 4.78 is 16.5. The van der Waals surface area contributed by atoms with Gasteiger partial charge in [0.05, 0.1) is 33.7 Å². The lowest BCUT2D eigenvalue weighted by atomic mass is 10.2. The molecule has 0 radical (unpaired) electrons. The van der Waals surface area contributed by atoms with Crippen molar-refractivity contribution in [1.82, 2.24) is 0 Å². The van der Waals surface area contributed by atoms with E-state index < -0.39 is 16.8 Å². The summed E-state index contributed by atoms with van der Waals surface area (Å²) in [6, 6.07) is 4.32. The molecule has 4 nitrogen and oxygen atoms in total. The monoisotopic (exact) mass is 262 g/mol. The highest BCUT2D eigenvalue weighted by Crippen LogP contribution is 2.19. The normalized spacial score (nSPS) is 12.4. The van der Waals surface area contributed by atoms with Crippen molar-refractivity contribution in [2.75, 3.05) is 19.5 Å².